The topological polar surface area (TPSA) is 67.5 Å². The van der Waals surface area contributed by atoms with Gasteiger partial charge < -0.3 is 19.4 Å². The van der Waals surface area contributed by atoms with Crippen molar-refractivity contribution in [2.45, 2.75) is 13.0 Å². The molecule has 3 aromatic rings. The minimum absolute atomic E-state index is 0.0842. The van der Waals surface area contributed by atoms with Gasteiger partial charge in [0.15, 0.2) is 11.5 Å². The van der Waals surface area contributed by atoms with E-state index in [1.54, 1.807) is 6.07 Å². The summed E-state index contributed by atoms with van der Waals surface area (Å²) in [6.45, 7) is 1.86. The summed E-state index contributed by atoms with van der Waals surface area (Å²) in [5, 5.41) is 0.625. The first-order chi connectivity index (χ1) is 12.2. The van der Waals surface area contributed by atoms with Crippen LogP contribution in [0.5, 0.6) is 11.5 Å². The van der Waals surface area contributed by atoms with Gasteiger partial charge in [-0.3, -0.25) is 4.79 Å². The number of hydrogen-bond acceptors (Lipinski definition) is 5. The maximum Gasteiger partial charge on any atom is 0.258 e. The molecule has 0 fully saturated rings. The van der Waals surface area contributed by atoms with Crippen LogP contribution >= 0.6 is 0 Å². The minimum atomic E-state index is -0.0842. The highest BCUT2D eigenvalue weighted by Gasteiger charge is 2.14. The normalized spacial score (nSPS) is 12.9. The van der Waals surface area contributed by atoms with E-state index >= 15 is 0 Å². The lowest BCUT2D eigenvalue weighted by Gasteiger charge is -2.16. The van der Waals surface area contributed by atoms with Crippen LogP contribution in [0.4, 0.5) is 0 Å². The fraction of sp³-hybridized carbons (Fsp3) is 0.263. The predicted octanol–water partition coefficient (Wildman–Crippen LogP) is 2.33. The highest BCUT2D eigenvalue weighted by atomic mass is 16.7. The molecule has 6 nitrogen and oxygen atoms in total. The van der Waals surface area contributed by atoms with Crippen LogP contribution in [-0.4, -0.2) is 35.3 Å². The average molecular weight is 337 g/mol. The van der Waals surface area contributed by atoms with Gasteiger partial charge in [0, 0.05) is 19.5 Å². The molecule has 0 aliphatic carbocycles. The van der Waals surface area contributed by atoms with Gasteiger partial charge in [0.1, 0.15) is 5.82 Å². The molecule has 0 radical (unpaired) electrons. The van der Waals surface area contributed by atoms with Gasteiger partial charge in [0.25, 0.3) is 5.56 Å². The molecule has 0 unspecified atom stereocenters. The summed E-state index contributed by atoms with van der Waals surface area (Å²) >= 11 is 0. The molecular weight excluding hydrogens is 318 g/mol. The Morgan fingerprint density at radius 1 is 1.16 bits per heavy atom. The third kappa shape index (κ3) is 3.34. The fourth-order valence-electron chi connectivity index (χ4n) is 2.98. The molecule has 0 saturated heterocycles. The highest BCUT2D eigenvalue weighted by molar-refractivity contribution is 5.77. The number of benzene rings is 2. The fourth-order valence-corrected chi connectivity index (χ4v) is 2.98. The molecule has 1 N–H and O–H groups in total. The van der Waals surface area contributed by atoms with Gasteiger partial charge in [0.05, 0.1) is 10.9 Å². The Kier molecular flexibility index (Phi) is 4.11. The van der Waals surface area contributed by atoms with Crippen molar-refractivity contribution in [2.75, 3.05) is 20.4 Å². The number of nitrogens with one attached hydrogen (secondary N) is 1. The van der Waals surface area contributed by atoms with Gasteiger partial charge in [-0.2, -0.15) is 0 Å². The number of hydrogen-bond donors (Lipinski definition) is 1. The quantitative estimate of drug-likeness (QED) is 0.774. The van der Waals surface area contributed by atoms with Gasteiger partial charge >= 0.3 is 0 Å². The molecule has 6 heteroatoms. The summed E-state index contributed by atoms with van der Waals surface area (Å²) in [6.07, 6.45) is 0.682. The Hall–Kier alpha value is -2.86. The molecule has 1 aliphatic heterocycles. The Balaban J connectivity index is 1.42. The van der Waals surface area contributed by atoms with Crippen LogP contribution in [0.1, 0.15) is 11.4 Å². The first kappa shape index (κ1) is 15.7. The van der Waals surface area contributed by atoms with Gasteiger partial charge in [-0.25, -0.2) is 4.98 Å². The molecule has 0 spiro atoms. The summed E-state index contributed by atoms with van der Waals surface area (Å²) < 4.78 is 10.7. The molecular formula is C19H19N3O3. The number of aromatic amines is 1. The van der Waals surface area contributed by atoms with Gasteiger partial charge in [-0.15, -0.1) is 0 Å². The third-order valence-electron chi connectivity index (χ3n) is 4.28. The zero-order valence-corrected chi connectivity index (χ0v) is 14.0. The third-order valence-corrected chi connectivity index (χ3v) is 4.28. The monoisotopic (exact) mass is 337 g/mol. The maximum absolute atomic E-state index is 12.1. The predicted molar refractivity (Wildman–Crippen MR) is 95.0 cm³/mol. The van der Waals surface area contributed by atoms with Crippen molar-refractivity contribution in [3.63, 3.8) is 0 Å². The Labute approximate surface area is 145 Å². The van der Waals surface area contributed by atoms with E-state index in [1.807, 2.05) is 43.4 Å². The number of nitrogens with zero attached hydrogens (tertiary/aromatic N) is 2. The first-order valence-electron chi connectivity index (χ1n) is 8.24. The van der Waals surface area contributed by atoms with E-state index in [9.17, 15) is 4.79 Å². The molecule has 2 aromatic carbocycles. The Bertz CT molecular complexity index is 968. The first-order valence-corrected chi connectivity index (χ1v) is 8.24. The molecule has 4 rings (SSSR count). The summed E-state index contributed by atoms with van der Waals surface area (Å²) in [4.78, 5) is 21.7. The summed E-state index contributed by atoms with van der Waals surface area (Å²) in [5.74, 6) is 2.30. The second-order valence-electron chi connectivity index (χ2n) is 6.21. The number of fused-ring (bicyclic) bond motifs is 2. The minimum Gasteiger partial charge on any atom is -0.454 e. The maximum atomic E-state index is 12.1. The molecule has 1 aromatic heterocycles. The second-order valence-corrected chi connectivity index (χ2v) is 6.21. The molecule has 1 aliphatic rings. The average Bonchev–Trinajstić information content (AvgIpc) is 3.08. The van der Waals surface area contributed by atoms with Gasteiger partial charge in [-0.05, 0) is 36.9 Å². The molecule has 0 atom stereocenters. The lowest BCUT2D eigenvalue weighted by atomic mass is 10.2. The van der Waals surface area contributed by atoms with Crippen LogP contribution in [0.15, 0.2) is 47.3 Å². The number of para-hydroxylation sites is 1. The lowest BCUT2D eigenvalue weighted by Crippen LogP contribution is -2.22. The molecule has 0 bridgehead atoms. The van der Waals surface area contributed by atoms with Crippen LogP contribution in [0, 0.1) is 0 Å². The van der Waals surface area contributed by atoms with Gasteiger partial charge in [-0.1, -0.05) is 18.2 Å². The molecule has 0 amide bonds. The smallest absolute Gasteiger partial charge is 0.258 e. The van der Waals surface area contributed by atoms with Crippen molar-refractivity contribution in [3.8, 4) is 11.5 Å². The van der Waals surface area contributed by atoms with E-state index in [2.05, 4.69) is 14.9 Å². The van der Waals surface area contributed by atoms with Gasteiger partial charge in [0.2, 0.25) is 6.79 Å². The number of ether oxygens (including phenoxy) is 2. The van der Waals surface area contributed by atoms with E-state index < -0.39 is 0 Å². The van der Waals surface area contributed by atoms with Crippen LogP contribution in [0.3, 0.4) is 0 Å². The van der Waals surface area contributed by atoms with Crippen LogP contribution < -0.4 is 15.0 Å². The molecule has 25 heavy (non-hydrogen) atoms. The van der Waals surface area contributed by atoms with Crippen LogP contribution in [-0.2, 0) is 13.0 Å². The van der Waals surface area contributed by atoms with Crippen molar-refractivity contribution in [2.24, 2.45) is 0 Å². The zero-order valence-electron chi connectivity index (χ0n) is 14.0. The van der Waals surface area contributed by atoms with E-state index in [4.69, 9.17) is 9.47 Å². The SMILES string of the molecule is CN(CCc1nc2ccccc2c(=O)[nH]1)Cc1ccc2c(c1)OCO2. The zero-order chi connectivity index (χ0) is 17.2. The number of rotatable bonds is 5. The van der Waals surface area contributed by atoms with Crippen molar-refractivity contribution in [1.29, 1.82) is 0 Å². The largest absolute Gasteiger partial charge is 0.454 e. The van der Waals surface area contributed by atoms with Crippen molar-refractivity contribution >= 4 is 10.9 Å². The lowest BCUT2D eigenvalue weighted by molar-refractivity contribution is 0.174. The number of H-pyrrole nitrogens is 1. The Morgan fingerprint density at radius 3 is 2.92 bits per heavy atom. The van der Waals surface area contributed by atoms with Crippen molar-refractivity contribution in [3.05, 3.63) is 64.2 Å². The second kappa shape index (κ2) is 6.57. The van der Waals surface area contributed by atoms with Crippen molar-refractivity contribution in [1.82, 2.24) is 14.9 Å². The molecule has 2 heterocycles. The van der Waals surface area contributed by atoms with E-state index in [0.717, 1.165) is 35.7 Å². The van der Waals surface area contributed by atoms with Crippen LogP contribution in [0.25, 0.3) is 10.9 Å². The summed E-state index contributed by atoms with van der Waals surface area (Å²) in [6, 6.07) is 13.4. The Morgan fingerprint density at radius 2 is 2.00 bits per heavy atom. The highest BCUT2D eigenvalue weighted by Crippen LogP contribution is 2.32. The summed E-state index contributed by atoms with van der Waals surface area (Å²) in [7, 11) is 2.05. The van der Waals surface area contributed by atoms with E-state index in [0.29, 0.717) is 17.6 Å². The van der Waals surface area contributed by atoms with Crippen molar-refractivity contribution < 1.29 is 9.47 Å². The van der Waals surface area contributed by atoms with E-state index in [-0.39, 0.29) is 12.4 Å². The van der Waals surface area contributed by atoms with E-state index in [1.165, 1.54) is 0 Å². The standard InChI is InChI=1S/C19H19N3O3/c1-22(11-13-6-7-16-17(10-13)25-12-24-16)9-8-18-20-15-5-3-2-4-14(15)19(23)21-18/h2-7,10H,8-9,11-12H2,1H3,(H,20,21,23). The molecule has 0 saturated carbocycles. The molecule has 128 valence electrons. The number of likely N-dealkylation sites (N-methyl/N-ethyl adjacent to an activating group) is 1. The van der Waals surface area contributed by atoms with Crippen LogP contribution in [0.2, 0.25) is 0 Å². The summed E-state index contributed by atoms with van der Waals surface area (Å²) in [5.41, 5.74) is 1.81. The number of aromatic nitrogens is 2.